The average Bonchev–Trinajstić information content (AvgIpc) is 3.17. The highest BCUT2D eigenvalue weighted by Gasteiger charge is 2.44. The zero-order chi connectivity index (χ0) is 25.4. The number of carbonyl (C=O) groups excluding carboxylic acids is 1. The van der Waals surface area contributed by atoms with Crippen LogP contribution >= 0.6 is 15.9 Å². The van der Waals surface area contributed by atoms with Gasteiger partial charge in [0.15, 0.2) is 16.9 Å². The lowest BCUT2D eigenvalue weighted by atomic mass is 9.97. The Morgan fingerprint density at radius 3 is 2.53 bits per heavy atom. The first kappa shape index (κ1) is 23.9. The Labute approximate surface area is 216 Å². The summed E-state index contributed by atoms with van der Waals surface area (Å²) in [6.07, 6.45) is 1.66. The van der Waals surface area contributed by atoms with E-state index in [2.05, 4.69) is 22.5 Å². The van der Waals surface area contributed by atoms with E-state index in [0.717, 1.165) is 10.0 Å². The van der Waals surface area contributed by atoms with Crippen molar-refractivity contribution in [3.05, 3.63) is 110 Å². The summed E-state index contributed by atoms with van der Waals surface area (Å²) in [6.45, 7) is 8.25. The van der Waals surface area contributed by atoms with E-state index in [9.17, 15) is 9.59 Å². The number of anilines is 1. The molecule has 1 unspecified atom stereocenters. The molecule has 7 heteroatoms. The zero-order valence-electron chi connectivity index (χ0n) is 19.9. The van der Waals surface area contributed by atoms with Crippen molar-refractivity contribution in [3.63, 3.8) is 0 Å². The van der Waals surface area contributed by atoms with Crippen LogP contribution in [0.1, 0.15) is 40.2 Å². The predicted molar refractivity (Wildman–Crippen MR) is 143 cm³/mol. The summed E-state index contributed by atoms with van der Waals surface area (Å²) in [4.78, 5) is 29.2. The molecule has 36 heavy (non-hydrogen) atoms. The van der Waals surface area contributed by atoms with Gasteiger partial charge in [-0.1, -0.05) is 46.3 Å². The molecule has 4 aromatic rings. The van der Waals surface area contributed by atoms with Crippen LogP contribution in [0.15, 0.2) is 87.0 Å². The largest absolute Gasteiger partial charge is 0.490 e. The number of amides is 1. The van der Waals surface area contributed by atoms with Crippen LogP contribution in [0.4, 0.5) is 5.69 Å². The van der Waals surface area contributed by atoms with Crippen LogP contribution in [0.25, 0.3) is 11.0 Å². The average molecular weight is 546 g/mol. The third kappa shape index (κ3) is 4.09. The quantitative estimate of drug-likeness (QED) is 0.245. The van der Waals surface area contributed by atoms with Gasteiger partial charge in [-0.2, -0.15) is 0 Å². The number of carbonyl (C=O) groups is 1. The molecule has 182 valence electrons. The number of benzene rings is 3. The van der Waals surface area contributed by atoms with Gasteiger partial charge in [-0.3, -0.25) is 14.5 Å². The number of hydrogen-bond acceptors (Lipinski definition) is 5. The molecule has 1 aliphatic rings. The molecule has 0 N–H and O–H groups in total. The normalized spacial score (nSPS) is 14.7. The lowest BCUT2D eigenvalue weighted by Crippen LogP contribution is -2.29. The van der Waals surface area contributed by atoms with Gasteiger partial charge in [0.25, 0.3) is 5.91 Å². The van der Waals surface area contributed by atoms with Gasteiger partial charge in [0, 0.05) is 10.2 Å². The van der Waals surface area contributed by atoms with Gasteiger partial charge < -0.3 is 13.9 Å². The van der Waals surface area contributed by atoms with E-state index in [1.54, 1.807) is 29.2 Å². The molecular weight excluding hydrogens is 522 g/mol. The molecule has 0 spiro atoms. The van der Waals surface area contributed by atoms with E-state index < -0.39 is 6.04 Å². The summed E-state index contributed by atoms with van der Waals surface area (Å²) in [6, 6.07) is 17.5. The first-order valence-electron chi connectivity index (χ1n) is 11.6. The van der Waals surface area contributed by atoms with Crippen LogP contribution in [0.5, 0.6) is 11.5 Å². The third-order valence-corrected chi connectivity index (χ3v) is 6.60. The Kier molecular flexibility index (Phi) is 6.41. The molecule has 0 bridgehead atoms. The van der Waals surface area contributed by atoms with E-state index in [1.807, 2.05) is 56.3 Å². The summed E-state index contributed by atoms with van der Waals surface area (Å²) >= 11 is 3.45. The van der Waals surface area contributed by atoms with Crippen LogP contribution in [-0.2, 0) is 0 Å². The van der Waals surface area contributed by atoms with Crippen LogP contribution < -0.4 is 19.8 Å². The molecular formula is C29H24BrNO5. The summed E-state index contributed by atoms with van der Waals surface area (Å²) in [5.41, 5.74) is 2.75. The highest BCUT2D eigenvalue weighted by molar-refractivity contribution is 9.10. The van der Waals surface area contributed by atoms with E-state index >= 15 is 0 Å². The number of ether oxygens (including phenoxy) is 2. The minimum atomic E-state index is -0.706. The number of fused-ring (bicyclic) bond motifs is 2. The maximum atomic E-state index is 13.8. The molecule has 6 nitrogen and oxygen atoms in total. The van der Waals surface area contributed by atoms with Gasteiger partial charge in [-0.15, -0.1) is 0 Å². The molecule has 0 saturated carbocycles. The van der Waals surface area contributed by atoms with Gasteiger partial charge in [0.1, 0.15) is 12.2 Å². The number of halogens is 1. The molecule has 3 aromatic carbocycles. The van der Waals surface area contributed by atoms with Crippen molar-refractivity contribution in [2.24, 2.45) is 0 Å². The maximum Gasteiger partial charge on any atom is 0.295 e. The van der Waals surface area contributed by atoms with Gasteiger partial charge in [-0.25, -0.2) is 0 Å². The summed E-state index contributed by atoms with van der Waals surface area (Å²) in [7, 11) is 0. The van der Waals surface area contributed by atoms with Crippen molar-refractivity contribution in [2.45, 2.75) is 19.9 Å². The fourth-order valence-electron chi connectivity index (χ4n) is 4.50. The number of nitrogens with zero attached hydrogens (tertiary/aromatic N) is 1. The van der Waals surface area contributed by atoms with Crippen molar-refractivity contribution in [3.8, 4) is 11.5 Å². The topological polar surface area (TPSA) is 69.0 Å². The number of hydrogen-bond donors (Lipinski definition) is 0. The van der Waals surface area contributed by atoms with Crippen molar-refractivity contribution >= 4 is 38.5 Å². The minimum Gasteiger partial charge on any atom is -0.490 e. The van der Waals surface area contributed by atoms with Gasteiger partial charge in [-0.05, 0) is 67.9 Å². The van der Waals surface area contributed by atoms with Gasteiger partial charge >= 0.3 is 0 Å². The Morgan fingerprint density at radius 1 is 1.03 bits per heavy atom. The molecule has 1 aliphatic heterocycles. The highest BCUT2D eigenvalue weighted by atomic mass is 79.9. The Balaban J connectivity index is 1.75. The van der Waals surface area contributed by atoms with E-state index in [0.29, 0.717) is 52.5 Å². The summed E-state index contributed by atoms with van der Waals surface area (Å²) < 4.78 is 18.6. The number of rotatable bonds is 7. The van der Waals surface area contributed by atoms with Crippen molar-refractivity contribution in [1.29, 1.82) is 0 Å². The Bertz CT molecular complexity index is 1540. The van der Waals surface area contributed by atoms with Gasteiger partial charge in [0.05, 0.1) is 23.6 Å². The van der Waals surface area contributed by atoms with E-state index in [1.165, 1.54) is 0 Å². The Hall–Kier alpha value is -3.84. The van der Waals surface area contributed by atoms with E-state index in [-0.39, 0.29) is 17.1 Å². The Morgan fingerprint density at radius 2 is 1.81 bits per heavy atom. The second-order valence-electron chi connectivity index (χ2n) is 8.47. The molecule has 0 radical (unpaired) electrons. The molecule has 2 heterocycles. The summed E-state index contributed by atoms with van der Waals surface area (Å²) in [5.74, 6) is 0.756. The molecule has 5 rings (SSSR count). The van der Waals surface area contributed by atoms with Crippen LogP contribution in [0.3, 0.4) is 0 Å². The first-order valence-corrected chi connectivity index (χ1v) is 12.4. The van der Waals surface area contributed by atoms with Crippen LogP contribution in [-0.4, -0.2) is 19.1 Å². The lowest BCUT2D eigenvalue weighted by molar-refractivity contribution is 0.0971. The van der Waals surface area contributed by atoms with Gasteiger partial charge in [0.2, 0.25) is 5.76 Å². The molecule has 1 aromatic heterocycles. The van der Waals surface area contributed by atoms with Crippen LogP contribution in [0.2, 0.25) is 0 Å². The second-order valence-corrected chi connectivity index (χ2v) is 9.38. The predicted octanol–water partition coefficient (Wildman–Crippen LogP) is 6.58. The van der Waals surface area contributed by atoms with Crippen molar-refractivity contribution in [1.82, 2.24) is 0 Å². The first-order chi connectivity index (χ1) is 17.4. The standard InChI is InChI=1S/C29H24BrNO5/c1-4-14-35-23-13-7-18(16-24(23)34-5-2)26-25-27(32)21-15-17(3)6-12-22(21)36-28(25)29(33)31(26)20-10-8-19(30)9-11-20/h4,6-13,15-16,26H,1,5,14H2,2-3H3. The second kappa shape index (κ2) is 9.66. The fourth-order valence-corrected chi connectivity index (χ4v) is 4.77. The monoisotopic (exact) mass is 545 g/mol. The minimum absolute atomic E-state index is 0.0502. The maximum absolute atomic E-state index is 13.8. The smallest absolute Gasteiger partial charge is 0.295 e. The highest BCUT2D eigenvalue weighted by Crippen LogP contribution is 2.43. The SMILES string of the molecule is C=CCOc1ccc(C2c3c(oc4ccc(C)cc4c3=O)C(=O)N2c2ccc(Br)cc2)cc1OCC. The number of aryl methyl sites for hydroxylation is 1. The molecule has 0 saturated heterocycles. The summed E-state index contributed by atoms with van der Waals surface area (Å²) in [5, 5.41) is 0.445. The van der Waals surface area contributed by atoms with Crippen LogP contribution in [0, 0.1) is 6.92 Å². The van der Waals surface area contributed by atoms with E-state index in [4.69, 9.17) is 13.9 Å². The zero-order valence-corrected chi connectivity index (χ0v) is 21.5. The molecule has 1 amide bonds. The van der Waals surface area contributed by atoms with Crippen molar-refractivity contribution in [2.75, 3.05) is 18.1 Å². The fraction of sp³-hybridized carbons (Fsp3) is 0.172. The molecule has 1 atom stereocenters. The molecule has 0 aliphatic carbocycles. The lowest BCUT2D eigenvalue weighted by Gasteiger charge is -2.26. The molecule has 0 fully saturated rings. The third-order valence-electron chi connectivity index (χ3n) is 6.07. The van der Waals surface area contributed by atoms with Crippen molar-refractivity contribution < 1.29 is 18.7 Å².